The number of carbonyl (C=O) groups is 1. The average molecular weight is 256 g/mol. The summed E-state index contributed by atoms with van der Waals surface area (Å²) < 4.78 is 0. The van der Waals surface area contributed by atoms with Crippen molar-refractivity contribution in [3.8, 4) is 0 Å². The Hall–Kier alpha value is -2.10. The van der Waals surface area contributed by atoms with E-state index >= 15 is 0 Å². The van der Waals surface area contributed by atoms with Crippen LogP contribution in [0, 0.1) is 0 Å². The molecule has 0 unspecified atom stereocenters. The molecular weight excluding hydrogens is 240 g/mol. The van der Waals surface area contributed by atoms with E-state index in [0.717, 1.165) is 29.5 Å². The van der Waals surface area contributed by atoms with Crippen LogP contribution in [0.3, 0.4) is 0 Å². The van der Waals surface area contributed by atoms with Crippen molar-refractivity contribution in [2.45, 2.75) is 19.3 Å². The molecule has 0 bridgehead atoms. The molecular formula is C15H16N2O2. The van der Waals surface area contributed by atoms with Gasteiger partial charge >= 0.3 is 5.97 Å². The number of carboxylic acid groups (broad SMARTS) is 1. The highest BCUT2D eigenvalue weighted by Crippen LogP contribution is 2.30. The van der Waals surface area contributed by atoms with Crippen molar-refractivity contribution < 1.29 is 9.90 Å². The summed E-state index contributed by atoms with van der Waals surface area (Å²) in [5.74, 6) is -0.900. The van der Waals surface area contributed by atoms with E-state index in [4.69, 9.17) is 0 Å². The molecule has 4 heteroatoms. The van der Waals surface area contributed by atoms with Crippen LogP contribution in [-0.2, 0) is 0 Å². The van der Waals surface area contributed by atoms with Crippen molar-refractivity contribution in [3.05, 3.63) is 36.2 Å². The summed E-state index contributed by atoms with van der Waals surface area (Å²) in [4.78, 5) is 17.7. The number of carboxylic acids is 1. The van der Waals surface area contributed by atoms with Crippen molar-refractivity contribution >= 4 is 22.4 Å². The molecule has 2 heterocycles. The molecule has 0 radical (unpaired) electrons. The molecule has 1 fully saturated rings. The number of anilines is 1. The first-order valence-corrected chi connectivity index (χ1v) is 6.62. The van der Waals surface area contributed by atoms with Crippen LogP contribution < -0.4 is 4.90 Å². The highest BCUT2D eigenvalue weighted by atomic mass is 16.4. The van der Waals surface area contributed by atoms with Crippen LogP contribution in [0.2, 0.25) is 0 Å². The molecule has 19 heavy (non-hydrogen) atoms. The third kappa shape index (κ3) is 2.14. The van der Waals surface area contributed by atoms with E-state index in [1.165, 1.54) is 19.3 Å². The minimum Gasteiger partial charge on any atom is -0.478 e. The number of aromatic carboxylic acids is 1. The number of hydrogen-bond donors (Lipinski definition) is 1. The van der Waals surface area contributed by atoms with Gasteiger partial charge in [-0.05, 0) is 37.5 Å². The molecule has 1 N–H and O–H groups in total. The second-order valence-electron chi connectivity index (χ2n) is 4.91. The number of benzene rings is 1. The molecule has 1 aromatic carbocycles. The van der Waals surface area contributed by atoms with Gasteiger partial charge in [0.2, 0.25) is 0 Å². The molecule has 0 aliphatic carbocycles. The normalized spacial score (nSPS) is 15.7. The molecule has 1 aromatic heterocycles. The molecule has 1 aliphatic heterocycles. The summed E-state index contributed by atoms with van der Waals surface area (Å²) in [6.07, 6.45) is 7.05. The van der Waals surface area contributed by atoms with Crippen LogP contribution in [0.4, 0.5) is 5.69 Å². The molecule has 98 valence electrons. The lowest BCUT2D eigenvalue weighted by molar-refractivity contribution is 0.0699. The van der Waals surface area contributed by atoms with Crippen LogP contribution in [0.25, 0.3) is 10.8 Å². The second-order valence-corrected chi connectivity index (χ2v) is 4.91. The Morgan fingerprint density at radius 3 is 2.63 bits per heavy atom. The summed E-state index contributed by atoms with van der Waals surface area (Å²) in [6.45, 7) is 2.09. The third-order valence-electron chi connectivity index (χ3n) is 3.72. The molecule has 0 amide bonds. The number of aromatic nitrogens is 1. The SMILES string of the molecule is O=C(O)c1ccc(N2CCCCC2)c2ccncc12. The first-order chi connectivity index (χ1) is 9.27. The van der Waals surface area contributed by atoms with E-state index in [9.17, 15) is 9.90 Å². The van der Waals surface area contributed by atoms with Gasteiger partial charge in [0, 0.05) is 41.9 Å². The van der Waals surface area contributed by atoms with Gasteiger partial charge < -0.3 is 10.0 Å². The van der Waals surface area contributed by atoms with Crippen LogP contribution in [0.1, 0.15) is 29.6 Å². The molecule has 1 saturated heterocycles. The zero-order valence-electron chi connectivity index (χ0n) is 10.7. The Morgan fingerprint density at radius 1 is 1.11 bits per heavy atom. The maximum Gasteiger partial charge on any atom is 0.336 e. The summed E-state index contributed by atoms with van der Waals surface area (Å²) in [5.41, 5.74) is 1.45. The van der Waals surface area contributed by atoms with Crippen molar-refractivity contribution in [2.75, 3.05) is 18.0 Å². The maximum atomic E-state index is 11.3. The van der Waals surface area contributed by atoms with Crippen LogP contribution in [0.5, 0.6) is 0 Å². The molecule has 0 atom stereocenters. The van der Waals surface area contributed by atoms with Crippen LogP contribution >= 0.6 is 0 Å². The number of piperidine rings is 1. The molecule has 2 aromatic rings. The molecule has 1 aliphatic rings. The van der Waals surface area contributed by atoms with Gasteiger partial charge in [-0.2, -0.15) is 0 Å². The first-order valence-electron chi connectivity index (χ1n) is 6.62. The number of nitrogens with zero attached hydrogens (tertiary/aromatic N) is 2. The molecule has 0 saturated carbocycles. The average Bonchev–Trinajstić information content (AvgIpc) is 2.47. The van der Waals surface area contributed by atoms with Gasteiger partial charge in [0.05, 0.1) is 5.56 Å². The lowest BCUT2D eigenvalue weighted by Crippen LogP contribution is -2.29. The number of rotatable bonds is 2. The molecule has 3 rings (SSSR count). The highest BCUT2D eigenvalue weighted by molar-refractivity contribution is 6.07. The molecule has 0 spiro atoms. The fourth-order valence-electron chi connectivity index (χ4n) is 2.77. The number of pyridine rings is 1. The van der Waals surface area contributed by atoms with E-state index in [-0.39, 0.29) is 0 Å². The van der Waals surface area contributed by atoms with E-state index in [2.05, 4.69) is 9.88 Å². The Bertz CT molecular complexity index is 619. The Labute approximate surface area is 111 Å². The predicted octanol–water partition coefficient (Wildman–Crippen LogP) is 2.92. The summed E-state index contributed by atoms with van der Waals surface area (Å²) in [6, 6.07) is 5.53. The van der Waals surface area contributed by atoms with E-state index < -0.39 is 5.97 Å². The number of hydrogen-bond acceptors (Lipinski definition) is 3. The fourth-order valence-corrected chi connectivity index (χ4v) is 2.77. The Kier molecular flexibility index (Phi) is 3.07. The zero-order valence-corrected chi connectivity index (χ0v) is 10.7. The molecule has 4 nitrogen and oxygen atoms in total. The monoisotopic (exact) mass is 256 g/mol. The highest BCUT2D eigenvalue weighted by Gasteiger charge is 2.16. The summed E-state index contributed by atoms with van der Waals surface area (Å²) in [5, 5.41) is 10.9. The third-order valence-corrected chi connectivity index (χ3v) is 3.72. The van der Waals surface area contributed by atoms with E-state index in [1.807, 2.05) is 12.1 Å². The lowest BCUT2D eigenvalue weighted by Gasteiger charge is -2.30. The van der Waals surface area contributed by atoms with Gasteiger partial charge in [0.1, 0.15) is 0 Å². The largest absolute Gasteiger partial charge is 0.478 e. The van der Waals surface area contributed by atoms with Gasteiger partial charge in [0.25, 0.3) is 0 Å². The van der Waals surface area contributed by atoms with Gasteiger partial charge in [0.15, 0.2) is 0 Å². The van der Waals surface area contributed by atoms with Crippen molar-refractivity contribution in [3.63, 3.8) is 0 Å². The first kappa shape index (κ1) is 12.0. The van der Waals surface area contributed by atoms with E-state index in [1.54, 1.807) is 18.5 Å². The zero-order chi connectivity index (χ0) is 13.2. The lowest BCUT2D eigenvalue weighted by atomic mass is 10.0. The van der Waals surface area contributed by atoms with Gasteiger partial charge in [-0.15, -0.1) is 0 Å². The van der Waals surface area contributed by atoms with Crippen molar-refractivity contribution in [2.24, 2.45) is 0 Å². The topological polar surface area (TPSA) is 53.4 Å². The van der Waals surface area contributed by atoms with Crippen molar-refractivity contribution in [1.29, 1.82) is 0 Å². The Balaban J connectivity index is 2.15. The quantitative estimate of drug-likeness (QED) is 0.897. The summed E-state index contributed by atoms with van der Waals surface area (Å²) in [7, 11) is 0. The van der Waals surface area contributed by atoms with Crippen LogP contribution in [0.15, 0.2) is 30.6 Å². The maximum absolute atomic E-state index is 11.3. The van der Waals surface area contributed by atoms with Gasteiger partial charge in [-0.25, -0.2) is 4.79 Å². The minimum atomic E-state index is -0.900. The van der Waals surface area contributed by atoms with Crippen LogP contribution in [-0.4, -0.2) is 29.1 Å². The van der Waals surface area contributed by atoms with Gasteiger partial charge in [-0.3, -0.25) is 4.98 Å². The predicted molar refractivity (Wildman–Crippen MR) is 74.8 cm³/mol. The standard InChI is InChI=1S/C15H16N2O2/c18-15(19)12-4-5-14(17-8-2-1-3-9-17)11-6-7-16-10-13(11)12/h4-7,10H,1-3,8-9H2,(H,18,19). The van der Waals surface area contributed by atoms with Gasteiger partial charge in [-0.1, -0.05) is 0 Å². The second kappa shape index (κ2) is 4.88. The number of fused-ring (bicyclic) bond motifs is 1. The van der Waals surface area contributed by atoms with E-state index in [0.29, 0.717) is 5.56 Å². The fraction of sp³-hybridized carbons (Fsp3) is 0.333. The summed E-state index contributed by atoms with van der Waals surface area (Å²) >= 11 is 0. The smallest absolute Gasteiger partial charge is 0.336 e. The minimum absolute atomic E-state index is 0.323. The van der Waals surface area contributed by atoms with Crippen molar-refractivity contribution in [1.82, 2.24) is 4.98 Å². The Morgan fingerprint density at radius 2 is 1.89 bits per heavy atom.